The fraction of sp³-hybridized carbons (Fsp3) is 1.00. The van der Waals surface area contributed by atoms with Gasteiger partial charge in [0.2, 0.25) is 0 Å². The number of nitrogens with zero attached hydrogens (tertiary/aromatic N) is 1. The van der Waals surface area contributed by atoms with E-state index in [9.17, 15) is 0 Å². The molecule has 1 saturated carbocycles. The van der Waals surface area contributed by atoms with Gasteiger partial charge in [-0.2, -0.15) is 0 Å². The third kappa shape index (κ3) is 3.56. The molecule has 1 aliphatic rings. The lowest BCUT2D eigenvalue weighted by Gasteiger charge is -2.36. The van der Waals surface area contributed by atoms with E-state index in [-0.39, 0.29) is 0 Å². The van der Waals surface area contributed by atoms with E-state index in [1.165, 1.54) is 0 Å². The Balaban J connectivity index is 2.11. The molecule has 1 atom stereocenters. The van der Waals surface area contributed by atoms with E-state index < -0.39 is 0 Å². The molecule has 14 heavy (non-hydrogen) atoms. The zero-order chi connectivity index (χ0) is 10.6. The van der Waals surface area contributed by atoms with Crippen LogP contribution in [-0.2, 0) is 0 Å². The molecule has 0 aromatic rings. The van der Waals surface area contributed by atoms with Crippen molar-refractivity contribution in [1.29, 1.82) is 0 Å². The van der Waals surface area contributed by atoms with Crippen molar-refractivity contribution in [2.75, 3.05) is 19.6 Å². The molecule has 0 amide bonds. The Morgan fingerprint density at radius 3 is 2.36 bits per heavy atom. The van der Waals surface area contributed by atoms with Crippen LogP contribution in [0.5, 0.6) is 0 Å². The van der Waals surface area contributed by atoms with Crippen molar-refractivity contribution in [2.24, 2.45) is 5.73 Å². The molecule has 0 radical (unpaired) electrons. The number of rotatable bonds is 6. The van der Waals surface area contributed by atoms with Crippen LogP contribution in [0.2, 0.25) is 0 Å². The average Bonchev–Trinajstić information content (AvgIpc) is 2.11. The highest BCUT2D eigenvalue weighted by molar-refractivity contribution is 4.89. The lowest BCUT2D eigenvalue weighted by atomic mass is 9.87. The van der Waals surface area contributed by atoms with Crippen molar-refractivity contribution < 1.29 is 0 Å². The standard InChI is InChI=1S/C11H25N3/c1-4-14(5-2)8-9(3)13-11-6-10(12)7-11/h9-11,13H,4-8,12H2,1-3H3. The van der Waals surface area contributed by atoms with Gasteiger partial charge in [-0.15, -0.1) is 0 Å². The number of likely N-dealkylation sites (N-methyl/N-ethyl adjacent to an activating group) is 1. The molecule has 1 aliphatic carbocycles. The summed E-state index contributed by atoms with van der Waals surface area (Å²) in [5.74, 6) is 0. The highest BCUT2D eigenvalue weighted by Crippen LogP contribution is 2.17. The minimum Gasteiger partial charge on any atom is -0.328 e. The van der Waals surface area contributed by atoms with Gasteiger partial charge in [-0.05, 0) is 32.9 Å². The molecule has 3 N–H and O–H groups in total. The fourth-order valence-electron chi connectivity index (χ4n) is 2.12. The quantitative estimate of drug-likeness (QED) is 0.665. The van der Waals surface area contributed by atoms with Crippen molar-refractivity contribution in [3.05, 3.63) is 0 Å². The third-order valence-electron chi connectivity index (χ3n) is 3.12. The highest BCUT2D eigenvalue weighted by atomic mass is 15.1. The molecule has 0 aromatic carbocycles. The first-order chi connectivity index (χ1) is 6.65. The van der Waals surface area contributed by atoms with Crippen LogP contribution in [-0.4, -0.2) is 42.7 Å². The molecule has 0 bridgehead atoms. The molecule has 1 rings (SSSR count). The van der Waals surface area contributed by atoms with Crippen molar-refractivity contribution in [1.82, 2.24) is 10.2 Å². The molecule has 84 valence electrons. The maximum atomic E-state index is 5.75. The van der Waals surface area contributed by atoms with Crippen molar-refractivity contribution in [2.45, 2.75) is 51.7 Å². The Hall–Kier alpha value is -0.120. The first-order valence-electron chi connectivity index (χ1n) is 5.89. The topological polar surface area (TPSA) is 41.3 Å². The van der Waals surface area contributed by atoms with Crippen molar-refractivity contribution in [3.63, 3.8) is 0 Å². The maximum Gasteiger partial charge on any atom is 0.0169 e. The third-order valence-corrected chi connectivity index (χ3v) is 3.12. The Bertz CT molecular complexity index is 151. The Morgan fingerprint density at radius 1 is 1.36 bits per heavy atom. The van der Waals surface area contributed by atoms with Gasteiger partial charge in [0.15, 0.2) is 0 Å². The van der Waals surface area contributed by atoms with Crippen LogP contribution >= 0.6 is 0 Å². The minimum absolute atomic E-state index is 0.452. The summed E-state index contributed by atoms with van der Waals surface area (Å²) < 4.78 is 0. The van der Waals surface area contributed by atoms with Gasteiger partial charge < -0.3 is 16.0 Å². The predicted molar refractivity (Wildman–Crippen MR) is 61.4 cm³/mol. The van der Waals surface area contributed by atoms with Gasteiger partial charge in [0.05, 0.1) is 0 Å². The number of nitrogens with two attached hydrogens (primary N) is 1. The predicted octanol–water partition coefficient (Wildman–Crippen LogP) is 0.796. The van der Waals surface area contributed by atoms with E-state index in [1.54, 1.807) is 0 Å². The summed E-state index contributed by atoms with van der Waals surface area (Å²) in [5.41, 5.74) is 5.75. The van der Waals surface area contributed by atoms with E-state index in [1.807, 2.05) is 0 Å². The number of hydrogen-bond acceptors (Lipinski definition) is 3. The Labute approximate surface area is 88.0 Å². The monoisotopic (exact) mass is 199 g/mol. The van der Waals surface area contributed by atoms with Gasteiger partial charge >= 0.3 is 0 Å². The van der Waals surface area contributed by atoms with Crippen LogP contribution in [0.4, 0.5) is 0 Å². The van der Waals surface area contributed by atoms with Gasteiger partial charge in [-0.3, -0.25) is 0 Å². The molecule has 3 heteroatoms. The first kappa shape index (κ1) is 12.0. The molecule has 0 aromatic heterocycles. The number of hydrogen-bond donors (Lipinski definition) is 2. The van der Waals surface area contributed by atoms with Gasteiger partial charge in [-0.25, -0.2) is 0 Å². The average molecular weight is 199 g/mol. The van der Waals surface area contributed by atoms with E-state index in [4.69, 9.17) is 5.73 Å². The van der Waals surface area contributed by atoms with E-state index >= 15 is 0 Å². The molecule has 1 unspecified atom stereocenters. The van der Waals surface area contributed by atoms with Crippen LogP contribution in [0.1, 0.15) is 33.6 Å². The van der Waals surface area contributed by atoms with Crippen molar-refractivity contribution in [3.8, 4) is 0 Å². The van der Waals surface area contributed by atoms with Crippen LogP contribution in [0.25, 0.3) is 0 Å². The van der Waals surface area contributed by atoms with Gasteiger partial charge in [0, 0.05) is 24.7 Å². The summed E-state index contributed by atoms with van der Waals surface area (Å²) in [6.07, 6.45) is 2.31. The lowest BCUT2D eigenvalue weighted by Crippen LogP contribution is -2.53. The van der Waals surface area contributed by atoms with E-state index in [0.29, 0.717) is 18.1 Å². The van der Waals surface area contributed by atoms with Crippen LogP contribution < -0.4 is 11.1 Å². The number of nitrogens with one attached hydrogen (secondary N) is 1. The maximum absolute atomic E-state index is 5.75. The summed E-state index contributed by atoms with van der Waals surface area (Å²) in [5, 5.41) is 3.62. The van der Waals surface area contributed by atoms with Gasteiger partial charge in [0.1, 0.15) is 0 Å². The first-order valence-corrected chi connectivity index (χ1v) is 5.89. The summed E-state index contributed by atoms with van der Waals surface area (Å²) in [6, 6.07) is 1.72. The minimum atomic E-state index is 0.452. The molecule has 0 saturated heterocycles. The second kappa shape index (κ2) is 5.69. The highest BCUT2D eigenvalue weighted by Gasteiger charge is 2.26. The lowest BCUT2D eigenvalue weighted by molar-refractivity contribution is 0.222. The van der Waals surface area contributed by atoms with Crippen LogP contribution in [0, 0.1) is 0 Å². The molecule has 1 fully saturated rings. The molecular formula is C11H25N3. The summed E-state index contributed by atoms with van der Waals surface area (Å²) in [6.45, 7) is 10.1. The van der Waals surface area contributed by atoms with E-state index in [0.717, 1.165) is 32.5 Å². The SMILES string of the molecule is CCN(CC)CC(C)NC1CC(N)C1. The van der Waals surface area contributed by atoms with Crippen LogP contribution in [0.15, 0.2) is 0 Å². The fourth-order valence-corrected chi connectivity index (χ4v) is 2.12. The second-order valence-electron chi connectivity index (χ2n) is 4.48. The molecular weight excluding hydrogens is 174 g/mol. The molecule has 0 aliphatic heterocycles. The van der Waals surface area contributed by atoms with Gasteiger partial charge in [0.25, 0.3) is 0 Å². The molecule has 0 heterocycles. The largest absolute Gasteiger partial charge is 0.328 e. The van der Waals surface area contributed by atoms with Gasteiger partial charge in [-0.1, -0.05) is 13.8 Å². The zero-order valence-electron chi connectivity index (χ0n) is 9.79. The molecule has 0 spiro atoms. The normalized spacial score (nSPS) is 28.9. The molecule has 3 nitrogen and oxygen atoms in total. The second-order valence-corrected chi connectivity index (χ2v) is 4.48. The van der Waals surface area contributed by atoms with Crippen LogP contribution in [0.3, 0.4) is 0 Å². The smallest absolute Gasteiger partial charge is 0.0169 e. The zero-order valence-corrected chi connectivity index (χ0v) is 9.79. The summed E-state index contributed by atoms with van der Waals surface area (Å²) >= 11 is 0. The van der Waals surface area contributed by atoms with Crippen molar-refractivity contribution >= 4 is 0 Å². The van der Waals surface area contributed by atoms with E-state index in [2.05, 4.69) is 31.0 Å². The summed E-state index contributed by atoms with van der Waals surface area (Å²) in [7, 11) is 0. The Kier molecular flexibility index (Phi) is 4.85. The Morgan fingerprint density at radius 2 is 1.93 bits per heavy atom. The summed E-state index contributed by atoms with van der Waals surface area (Å²) in [4.78, 5) is 2.45.